The van der Waals surface area contributed by atoms with E-state index in [4.69, 9.17) is 10.8 Å². The van der Waals surface area contributed by atoms with E-state index in [0.717, 1.165) is 6.42 Å². The van der Waals surface area contributed by atoms with Gasteiger partial charge in [-0.2, -0.15) is 12.6 Å². The van der Waals surface area contributed by atoms with Crippen LogP contribution in [0.15, 0.2) is 12.5 Å². The Morgan fingerprint density at radius 1 is 1.16 bits per heavy atom. The molecule has 176 valence electrons. The van der Waals surface area contributed by atoms with Crippen molar-refractivity contribution in [2.24, 2.45) is 5.73 Å². The third kappa shape index (κ3) is 7.53. The van der Waals surface area contributed by atoms with E-state index in [2.05, 4.69) is 43.9 Å². The van der Waals surface area contributed by atoms with Gasteiger partial charge in [0.2, 0.25) is 23.6 Å². The van der Waals surface area contributed by atoms with Gasteiger partial charge in [-0.3, -0.25) is 19.2 Å². The molecule has 4 unspecified atom stereocenters. The van der Waals surface area contributed by atoms with Gasteiger partial charge in [0.15, 0.2) is 0 Å². The molecule has 0 aromatic carbocycles. The Morgan fingerprint density at radius 3 is 2.38 bits per heavy atom. The maximum atomic E-state index is 12.9. The van der Waals surface area contributed by atoms with E-state index in [0.29, 0.717) is 18.7 Å². The van der Waals surface area contributed by atoms with E-state index >= 15 is 0 Å². The third-order valence-corrected chi connectivity index (χ3v) is 5.19. The van der Waals surface area contributed by atoms with Crippen LogP contribution in [-0.2, 0) is 30.4 Å². The maximum absolute atomic E-state index is 12.9. The number of hydrogen-bond acceptors (Lipinski definition) is 8. The number of imidazole rings is 1. The van der Waals surface area contributed by atoms with Gasteiger partial charge in [0.25, 0.3) is 0 Å². The number of carbonyl (C=O) groups is 5. The topological polar surface area (TPSA) is 208 Å². The molecule has 1 fully saturated rings. The van der Waals surface area contributed by atoms with E-state index in [1.807, 2.05) is 0 Å². The normalized spacial score (nSPS) is 18.2. The summed E-state index contributed by atoms with van der Waals surface area (Å²) in [5.41, 5.74) is 5.72. The third-order valence-electron chi connectivity index (χ3n) is 4.82. The molecule has 0 spiro atoms. The van der Waals surface area contributed by atoms with Crippen molar-refractivity contribution in [3.05, 3.63) is 18.2 Å². The van der Waals surface area contributed by atoms with Gasteiger partial charge >= 0.3 is 5.97 Å². The summed E-state index contributed by atoms with van der Waals surface area (Å²) in [5.74, 6) is -4.33. The molecule has 1 saturated heterocycles. The summed E-state index contributed by atoms with van der Waals surface area (Å²) < 4.78 is 0. The average Bonchev–Trinajstić information content (AvgIpc) is 3.44. The first-order valence-electron chi connectivity index (χ1n) is 9.95. The van der Waals surface area contributed by atoms with Crippen LogP contribution in [-0.4, -0.2) is 81.1 Å². The molecule has 2 heterocycles. The van der Waals surface area contributed by atoms with Crippen molar-refractivity contribution in [2.75, 3.05) is 12.3 Å². The molecule has 1 aromatic heterocycles. The van der Waals surface area contributed by atoms with Crippen LogP contribution in [0.25, 0.3) is 0 Å². The molecular weight excluding hydrogens is 442 g/mol. The second-order valence-electron chi connectivity index (χ2n) is 7.30. The van der Waals surface area contributed by atoms with Crippen molar-refractivity contribution < 1.29 is 29.1 Å². The van der Waals surface area contributed by atoms with Crippen molar-refractivity contribution in [1.29, 1.82) is 0 Å². The fraction of sp³-hybridized carbons (Fsp3) is 0.556. The van der Waals surface area contributed by atoms with Gasteiger partial charge in [0.1, 0.15) is 18.1 Å². The van der Waals surface area contributed by atoms with Gasteiger partial charge in [0, 0.05) is 24.1 Å². The Bertz CT molecular complexity index is 828. The molecule has 1 aromatic rings. The van der Waals surface area contributed by atoms with Gasteiger partial charge in [-0.25, -0.2) is 9.78 Å². The van der Waals surface area contributed by atoms with Crippen LogP contribution in [0.1, 0.15) is 25.0 Å². The lowest BCUT2D eigenvalue weighted by atomic mass is 10.1. The van der Waals surface area contributed by atoms with E-state index in [9.17, 15) is 24.0 Å². The first-order chi connectivity index (χ1) is 15.2. The molecule has 8 N–H and O–H groups in total. The second kappa shape index (κ2) is 12.0. The zero-order valence-electron chi connectivity index (χ0n) is 17.2. The number of aromatic nitrogens is 2. The quantitative estimate of drug-likeness (QED) is 0.148. The fourth-order valence-electron chi connectivity index (χ4n) is 3.15. The maximum Gasteiger partial charge on any atom is 0.327 e. The molecule has 0 radical (unpaired) electrons. The smallest absolute Gasteiger partial charge is 0.327 e. The number of aliphatic carboxylic acids is 1. The molecule has 1 aliphatic rings. The van der Waals surface area contributed by atoms with Crippen LogP contribution in [0.3, 0.4) is 0 Å². The number of nitrogens with one attached hydrogen (secondary N) is 5. The molecule has 2 rings (SSSR count). The monoisotopic (exact) mass is 469 g/mol. The van der Waals surface area contributed by atoms with Crippen molar-refractivity contribution >= 4 is 42.2 Å². The van der Waals surface area contributed by atoms with E-state index in [-0.39, 0.29) is 12.2 Å². The highest BCUT2D eigenvalue weighted by Gasteiger charge is 2.32. The molecule has 0 saturated carbocycles. The number of nitrogens with zero attached hydrogens (tertiary/aromatic N) is 1. The fourth-order valence-corrected chi connectivity index (χ4v) is 3.39. The summed E-state index contributed by atoms with van der Waals surface area (Å²) in [6, 6.07) is -4.29. The van der Waals surface area contributed by atoms with E-state index in [1.54, 1.807) is 0 Å². The first kappa shape index (κ1) is 25.1. The summed E-state index contributed by atoms with van der Waals surface area (Å²) in [7, 11) is 0. The van der Waals surface area contributed by atoms with Crippen LogP contribution in [0.5, 0.6) is 0 Å². The summed E-state index contributed by atoms with van der Waals surface area (Å²) in [6.07, 6.45) is 3.68. The molecule has 1 aliphatic heterocycles. The number of H-pyrrole nitrogens is 1. The minimum atomic E-state index is -1.31. The van der Waals surface area contributed by atoms with E-state index in [1.165, 1.54) is 12.5 Å². The molecule has 0 bridgehead atoms. The number of primary amides is 1. The molecule has 32 heavy (non-hydrogen) atoms. The highest BCUT2D eigenvalue weighted by Crippen LogP contribution is 2.07. The Hall–Kier alpha value is -3.13. The predicted octanol–water partition coefficient (Wildman–Crippen LogP) is -2.95. The van der Waals surface area contributed by atoms with Crippen molar-refractivity contribution in [3.63, 3.8) is 0 Å². The number of nitrogens with two attached hydrogens (primary N) is 1. The molecule has 14 heteroatoms. The van der Waals surface area contributed by atoms with Gasteiger partial charge in [-0.15, -0.1) is 0 Å². The lowest BCUT2D eigenvalue weighted by Gasteiger charge is -2.24. The molecular formula is C18H27N7O6S. The summed E-state index contributed by atoms with van der Waals surface area (Å²) in [4.78, 5) is 67.3. The zero-order valence-corrected chi connectivity index (χ0v) is 18.1. The van der Waals surface area contributed by atoms with Crippen LogP contribution in [0, 0.1) is 0 Å². The summed E-state index contributed by atoms with van der Waals surface area (Å²) in [6.45, 7) is 0.660. The number of rotatable bonds is 12. The van der Waals surface area contributed by atoms with Crippen LogP contribution in [0.2, 0.25) is 0 Å². The number of amides is 4. The van der Waals surface area contributed by atoms with Crippen LogP contribution in [0.4, 0.5) is 0 Å². The largest absolute Gasteiger partial charge is 0.480 e. The number of aromatic amines is 1. The standard InChI is InChI=1S/C18H27N7O6S/c19-14(26)5-12(24-15(27)10-2-1-3-21-10)17(29)23-11(4-9-6-20-8-22-9)16(28)25-13(7-32)18(30)31/h6,8,10-13,21,32H,1-5,7H2,(H2,19,26)(H,20,22)(H,23,29)(H,24,27)(H,25,28)(H,30,31). The average molecular weight is 470 g/mol. The molecule has 0 aliphatic carbocycles. The Labute approximate surface area is 189 Å². The van der Waals surface area contributed by atoms with Crippen molar-refractivity contribution in [1.82, 2.24) is 31.2 Å². The van der Waals surface area contributed by atoms with Crippen molar-refractivity contribution in [2.45, 2.75) is 49.9 Å². The number of carbonyl (C=O) groups excluding carboxylic acids is 4. The highest BCUT2D eigenvalue weighted by atomic mass is 32.1. The van der Waals surface area contributed by atoms with Gasteiger partial charge < -0.3 is 37.1 Å². The number of carboxylic acids is 1. The SMILES string of the molecule is NC(=O)CC(NC(=O)C1CCCN1)C(=O)NC(Cc1cnc[nH]1)C(=O)NC(CS)C(=O)O. The predicted molar refractivity (Wildman–Crippen MR) is 114 cm³/mol. The Kier molecular flexibility index (Phi) is 9.46. The lowest BCUT2D eigenvalue weighted by Crippen LogP contribution is -2.58. The number of hydrogen-bond donors (Lipinski definition) is 8. The molecule has 13 nitrogen and oxygen atoms in total. The second-order valence-corrected chi connectivity index (χ2v) is 7.67. The van der Waals surface area contributed by atoms with Crippen molar-refractivity contribution in [3.8, 4) is 0 Å². The Morgan fingerprint density at radius 2 is 1.84 bits per heavy atom. The van der Waals surface area contributed by atoms with Crippen LogP contribution >= 0.6 is 12.6 Å². The lowest BCUT2D eigenvalue weighted by molar-refractivity contribution is -0.141. The minimum Gasteiger partial charge on any atom is -0.480 e. The summed E-state index contributed by atoms with van der Waals surface area (Å²) in [5, 5.41) is 19.4. The van der Waals surface area contributed by atoms with Crippen LogP contribution < -0.4 is 27.0 Å². The number of thiol groups is 1. The Balaban J connectivity index is 2.14. The number of carboxylic acid groups (broad SMARTS) is 1. The zero-order chi connectivity index (χ0) is 23.7. The van der Waals surface area contributed by atoms with Gasteiger partial charge in [0.05, 0.1) is 18.8 Å². The van der Waals surface area contributed by atoms with E-state index < -0.39 is 60.2 Å². The highest BCUT2D eigenvalue weighted by molar-refractivity contribution is 7.80. The molecule has 4 amide bonds. The van der Waals surface area contributed by atoms with Gasteiger partial charge in [-0.05, 0) is 19.4 Å². The summed E-state index contributed by atoms with van der Waals surface area (Å²) >= 11 is 3.90. The first-order valence-corrected chi connectivity index (χ1v) is 10.6. The van der Waals surface area contributed by atoms with Gasteiger partial charge in [-0.1, -0.05) is 0 Å². The molecule has 4 atom stereocenters. The minimum absolute atomic E-state index is 0.0437.